The van der Waals surface area contributed by atoms with Crippen LogP contribution in [0.3, 0.4) is 0 Å². The van der Waals surface area contributed by atoms with Crippen molar-refractivity contribution in [3.8, 4) is 0 Å². The molecule has 110 valence electrons. The van der Waals surface area contributed by atoms with E-state index in [9.17, 15) is 0 Å². The molecule has 0 bridgehead atoms. The first-order chi connectivity index (χ1) is 7.17. The van der Waals surface area contributed by atoms with Gasteiger partial charge in [-0.15, -0.1) is 0 Å². The fourth-order valence-corrected chi connectivity index (χ4v) is 0.592. The molecule has 0 aliphatic carbocycles. The Morgan fingerprint density at radius 3 is 1.26 bits per heavy atom. The van der Waals surface area contributed by atoms with E-state index in [-0.39, 0.29) is 101 Å². The maximum atomic E-state index is 4.65. The Kier molecular flexibility index (Phi) is 113. The van der Waals surface area contributed by atoms with Crippen molar-refractivity contribution in [3.63, 3.8) is 0 Å². The average molecular weight is 948 g/mol. The van der Waals surface area contributed by atoms with Crippen molar-refractivity contribution in [1.29, 1.82) is 0 Å². The van der Waals surface area contributed by atoms with Crippen LogP contribution in [0.25, 0.3) is 0 Å². The molecule has 0 saturated carbocycles. The number of ether oxygens (including phenoxy) is 3. The molecule has 0 atom stereocenters. The van der Waals surface area contributed by atoms with Crippen molar-refractivity contribution in [2.24, 2.45) is 0 Å². The first kappa shape index (κ1) is 43.1. The van der Waals surface area contributed by atoms with Gasteiger partial charge in [0.25, 0.3) is 0 Å². The Balaban J connectivity index is -0.0000000252. The second-order valence-corrected chi connectivity index (χ2v) is 2.49. The van der Waals surface area contributed by atoms with Gasteiger partial charge < -0.3 is 26.5 Å². The standard InChI is InChI=1S/C7H14NO.2C2H5O.CH3.3U/c1-4-8(5-2)6-7-9-3;2*1-3-2;;;;/h1-7H2;2*1H2,2H3;1H3;;;/q-3;3*-1;3*+2/p+1. The van der Waals surface area contributed by atoms with Gasteiger partial charge in [-0.2, -0.15) is 0 Å². The first-order valence-corrected chi connectivity index (χ1v) is 4.53. The number of rotatable bonds is 5. The topological polar surface area (TPSA) is 32.1 Å². The van der Waals surface area contributed by atoms with Gasteiger partial charge in [-0.25, -0.2) is 21.3 Å². The van der Waals surface area contributed by atoms with Gasteiger partial charge in [0.15, 0.2) is 0 Å². The monoisotopic (exact) mass is 948 g/mol. The predicted molar refractivity (Wildman–Crippen MR) is 68.7 cm³/mol. The normalized spacial score (nSPS) is 6.95. The van der Waals surface area contributed by atoms with Crippen molar-refractivity contribution in [1.82, 2.24) is 0 Å². The van der Waals surface area contributed by atoms with Crippen LogP contribution in [0.4, 0.5) is 0 Å². The summed E-state index contributed by atoms with van der Waals surface area (Å²) in [6, 6.07) is 0. The zero-order valence-electron chi connectivity index (χ0n) is 12.6. The van der Waals surface area contributed by atoms with Gasteiger partial charge >= 0.3 is 93.3 Å². The Labute approximate surface area is 193 Å². The molecule has 0 radical (unpaired) electrons. The summed E-state index contributed by atoms with van der Waals surface area (Å²) in [6.45, 7) is 10.9. The van der Waals surface area contributed by atoms with Crippen LogP contribution < -0.4 is 4.90 Å². The molecule has 0 amide bonds. The molecule has 0 aromatic rings. The molecular weight excluding hydrogens is 920 g/mol. The summed E-state index contributed by atoms with van der Waals surface area (Å²) in [6.07, 6.45) is 0. The van der Waals surface area contributed by atoms with E-state index < -0.39 is 0 Å². The van der Waals surface area contributed by atoms with Crippen molar-refractivity contribution < 1.29 is 112 Å². The van der Waals surface area contributed by atoms with Gasteiger partial charge in [0, 0.05) is 0 Å². The van der Waals surface area contributed by atoms with Crippen LogP contribution in [0.2, 0.25) is 0 Å². The smallest absolute Gasteiger partial charge is 0.557 e. The van der Waals surface area contributed by atoms with E-state index in [1.54, 1.807) is 0 Å². The molecule has 0 unspecified atom stereocenters. The zero-order chi connectivity index (χ0) is 12.5. The third kappa shape index (κ3) is 62.7. The number of nitrogens with one attached hydrogen (secondary N) is 1. The zero-order valence-corrected chi connectivity index (χ0v) is 25.1. The van der Waals surface area contributed by atoms with Crippen molar-refractivity contribution >= 4 is 0 Å². The quantitative estimate of drug-likeness (QED) is 0.412. The molecule has 0 fully saturated rings. The average Bonchev–Trinajstić information content (AvgIpc) is 2.22. The third-order valence-electron chi connectivity index (χ3n) is 1.31. The van der Waals surface area contributed by atoms with Gasteiger partial charge in [-0.3, -0.25) is 13.8 Å². The van der Waals surface area contributed by atoms with Crippen LogP contribution in [0, 0.1) is 136 Å². The minimum atomic E-state index is 0. The van der Waals surface area contributed by atoms with E-state index in [0.29, 0.717) is 6.61 Å². The summed E-state index contributed by atoms with van der Waals surface area (Å²) >= 11 is 0. The van der Waals surface area contributed by atoms with Crippen LogP contribution in [0.5, 0.6) is 0 Å². The fourth-order valence-electron chi connectivity index (χ4n) is 0.592. The molecule has 19 heavy (non-hydrogen) atoms. The predicted octanol–water partition coefficient (Wildman–Crippen LogP) is 0.647. The SMILES string of the molecule is [CH2-]C[NH+](C[CH2-])CCO[CH2-].[CH2-]OC.[CH2-]OC.[CH3-].[U+2].[U+2].[U+2]. The van der Waals surface area contributed by atoms with Crippen LogP contribution in [0.1, 0.15) is 0 Å². The summed E-state index contributed by atoms with van der Waals surface area (Å²) in [7, 11) is 12.3. The van der Waals surface area contributed by atoms with Gasteiger partial charge in [0.1, 0.15) is 0 Å². The van der Waals surface area contributed by atoms with Gasteiger partial charge in [0.05, 0.1) is 13.2 Å². The summed E-state index contributed by atoms with van der Waals surface area (Å²) in [5.41, 5.74) is 0. The summed E-state index contributed by atoms with van der Waals surface area (Å²) in [5.74, 6) is 0. The molecule has 4 nitrogen and oxygen atoms in total. The Hall–Kier alpha value is 3.00. The Bertz CT molecular complexity index is 88.6. The minimum Gasteiger partial charge on any atom is -0.557 e. The molecule has 1 N–H and O–H groups in total. The second kappa shape index (κ2) is 49.7. The minimum absolute atomic E-state index is 0. The van der Waals surface area contributed by atoms with E-state index in [0.717, 1.165) is 19.6 Å². The number of hydrogen-bond donors (Lipinski definition) is 1. The maximum absolute atomic E-state index is 4.65. The maximum Gasteiger partial charge on any atom is 2.00 e. The molecule has 0 spiro atoms. The Morgan fingerprint density at radius 2 is 1.11 bits per heavy atom. The first-order valence-electron chi connectivity index (χ1n) is 4.53. The van der Waals surface area contributed by atoms with Crippen molar-refractivity contribution in [2.45, 2.75) is 0 Å². The van der Waals surface area contributed by atoms with Crippen LogP contribution in [0.15, 0.2) is 0 Å². The molecule has 0 aromatic heterocycles. The van der Waals surface area contributed by atoms with Crippen LogP contribution >= 0.6 is 0 Å². The molecule has 0 rings (SSSR count). The van der Waals surface area contributed by atoms with E-state index in [4.69, 9.17) is 0 Å². The molecule has 0 saturated heterocycles. The van der Waals surface area contributed by atoms with Crippen LogP contribution in [-0.4, -0.2) is 40.5 Å². The third-order valence-corrected chi connectivity index (χ3v) is 1.31. The van der Waals surface area contributed by atoms with E-state index in [1.165, 1.54) is 19.1 Å². The fraction of sp³-hybridized carbons (Fsp3) is 0.500. The molecule has 0 aromatic carbocycles. The summed E-state index contributed by atoms with van der Waals surface area (Å²) < 4.78 is 12.6. The molecular formula is C12H28NO3U3+. The largest absolute Gasteiger partial charge is 2.00 e. The van der Waals surface area contributed by atoms with Crippen LogP contribution in [-0.2, 0) is 14.2 Å². The van der Waals surface area contributed by atoms with Crippen molar-refractivity contribution in [3.05, 3.63) is 42.6 Å². The summed E-state index contributed by atoms with van der Waals surface area (Å²) in [5, 5.41) is 0. The van der Waals surface area contributed by atoms with E-state index in [2.05, 4.69) is 49.4 Å². The Morgan fingerprint density at radius 1 is 0.842 bits per heavy atom. The number of hydrogen-bond acceptors (Lipinski definition) is 3. The number of methoxy groups -OCH3 is 2. The second-order valence-electron chi connectivity index (χ2n) is 2.49. The van der Waals surface area contributed by atoms with Gasteiger partial charge in [0.2, 0.25) is 0 Å². The molecule has 7 heteroatoms. The van der Waals surface area contributed by atoms with Gasteiger partial charge in [-0.05, 0) is 27.3 Å². The summed E-state index contributed by atoms with van der Waals surface area (Å²) in [4.78, 5) is 1.35. The number of quaternary nitrogens is 1. The van der Waals surface area contributed by atoms with E-state index >= 15 is 0 Å². The van der Waals surface area contributed by atoms with E-state index in [1.807, 2.05) is 0 Å². The van der Waals surface area contributed by atoms with Crippen molar-refractivity contribution in [2.75, 3.05) is 40.5 Å². The molecule has 0 aliphatic rings. The van der Waals surface area contributed by atoms with Gasteiger partial charge in [-0.1, -0.05) is 0 Å². The molecule has 0 aliphatic heterocycles. The molecule has 0 heterocycles.